The van der Waals surface area contributed by atoms with Gasteiger partial charge in [-0.15, -0.1) is 0 Å². The Hall–Kier alpha value is -1.52. The summed E-state index contributed by atoms with van der Waals surface area (Å²) < 4.78 is 7.81. The zero-order valence-corrected chi connectivity index (χ0v) is 12.2. The number of imidazole rings is 1. The molecule has 3 nitrogen and oxygen atoms in total. The molecule has 5 heteroatoms. The molecule has 0 aliphatic rings. The molecule has 96 valence electrons. The van der Waals surface area contributed by atoms with Crippen molar-refractivity contribution in [3.63, 3.8) is 0 Å². The fraction of sp³-hybridized carbons (Fsp3) is 0.0714. The third-order valence-corrected chi connectivity index (χ3v) is 3.61. The molecule has 0 aliphatic carbocycles. The number of fused-ring (bicyclic) bond motifs is 1. The molecule has 0 saturated carbocycles. The summed E-state index contributed by atoms with van der Waals surface area (Å²) in [4.78, 5) is 4.47. The minimum absolute atomic E-state index is 0.566. The Kier molecular flexibility index (Phi) is 3.44. The summed E-state index contributed by atoms with van der Waals surface area (Å²) in [6.45, 7) is 0. The number of benzene rings is 1. The van der Waals surface area contributed by atoms with Crippen LogP contribution in [0.4, 0.5) is 0 Å². The second kappa shape index (κ2) is 5.23. The van der Waals surface area contributed by atoms with E-state index in [0.29, 0.717) is 22.0 Å². The molecule has 0 radical (unpaired) electrons. The lowest BCUT2D eigenvalue weighted by Crippen LogP contribution is -1.92. The second-order valence-corrected chi connectivity index (χ2v) is 4.93. The average molecular weight is 338 g/mol. The second-order valence-electron chi connectivity index (χ2n) is 3.96. The highest BCUT2D eigenvalue weighted by molar-refractivity contribution is 9.08. The lowest BCUT2D eigenvalue weighted by molar-refractivity contribution is 0.462. The van der Waals surface area contributed by atoms with E-state index in [0.717, 1.165) is 11.3 Å². The zero-order chi connectivity index (χ0) is 13.2. The predicted octanol–water partition coefficient (Wildman–Crippen LogP) is 4.67. The maximum atomic E-state index is 6.10. The molecule has 0 amide bonds. The number of rotatable bonds is 3. The Bertz CT molecular complexity index is 726. The first kappa shape index (κ1) is 12.5. The third-order valence-electron chi connectivity index (χ3n) is 2.76. The number of aromatic nitrogens is 2. The van der Waals surface area contributed by atoms with Crippen molar-refractivity contribution in [1.82, 2.24) is 9.38 Å². The average Bonchev–Trinajstić information content (AvgIpc) is 2.78. The summed E-state index contributed by atoms with van der Waals surface area (Å²) in [5.41, 5.74) is 1.80. The predicted molar refractivity (Wildman–Crippen MR) is 79.3 cm³/mol. The van der Waals surface area contributed by atoms with Crippen LogP contribution in [0.1, 0.15) is 5.69 Å². The van der Waals surface area contributed by atoms with Gasteiger partial charge >= 0.3 is 0 Å². The molecule has 0 unspecified atom stereocenters. The van der Waals surface area contributed by atoms with Gasteiger partial charge in [-0.05, 0) is 24.3 Å². The van der Waals surface area contributed by atoms with Gasteiger partial charge in [0.25, 0.3) is 0 Å². The number of hydrogen-bond acceptors (Lipinski definition) is 2. The molecule has 2 heterocycles. The SMILES string of the molecule is Clc1ccccc1Oc1nc2ccccn2c1CBr. The van der Waals surface area contributed by atoms with Crippen molar-refractivity contribution in [1.29, 1.82) is 0 Å². The monoisotopic (exact) mass is 336 g/mol. The molecule has 1 aromatic carbocycles. The number of hydrogen-bond donors (Lipinski definition) is 0. The Balaban J connectivity index is 2.08. The van der Waals surface area contributed by atoms with Crippen LogP contribution in [0.25, 0.3) is 5.65 Å². The van der Waals surface area contributed by atoms with Gasteiger partial charge in [0, 0.05) is 11.5 Å². The Morgan fingerprint density at radius 3 is 2.74 bits per heavy atom. The zero-order valence-electron chi connectivity index (χ0n) is 9.88. The Labute approximate surface area is 123 Å². The summed E-state index contributed by atoms with van der Waals surface area (Å²) in [5, 5.41) is 1.22. The molecule has 3 rings (SSSR count). The van der Waals surface area contributed by atoms with E-state index in [4.69, 9.17) is 16.3 Å². The maximum absolute atomic E-state index is 6.10. The molecule has 0 saturated heterocycles. The van der Waals surface area contributed by atoms with Crippen LogP contribution in [0.15, 0.2) is 48.7 Å². The highest BCUT2D eigenvalue weighted by Crippen LogP contribution is 2.31. The van der Waals surface area contributed by atoms with Crippen LogP contribution in [0, 0.1) is 0 Å². The van der Waals surface area contributed by atoms with E-state index >= 15 is 0 Å². The Morgan fingerprint density at radius 2 is 1.95 bits per heavy atom. The van der Waals surface area contributed by atoms with Crippen molar-refractivity contribution in [2.75, 3.05) is 0 Å². The van der Waals surface area contributed by atoms with Gasteiger partial charge in [0.05, 0.1) is 10.7 Å². The van der Waals surface area contributed by atoms with Gasteiger partial charge < -0.3 is 4.74 Å². The molecular weight excluding hydrogens is 328 g/mol. The highest BCUT2D eigenvalue weighted by atomic mass is 79.9. The lowest BCUT2D eigenvalue weighted by Gasteiger charge is -2.05. The van der Waals surface area contributed by atoms with Crippen molar-refractivity contribution in [3.8, 4) is 11.6 Å². The largest absolute Gasteiger partial charge is 0.436 e. The van der Waals surface area contributed by atoms with Crippen LogP contribution >= 0.6 is 27.5 Å². The minimum Gasteiger partial charge on any atom is -0.436 e. The number of nitrogens with zero attached hydrogens (tertiary/aromatic N) is 2. The van der Waals surface area contributed by atoms with Gasteiger partial charge in [-0.3, -0.25) is 4.40 Å². The standard InChI is InChI=1S/C14H10BrClN2O/c15-9-11-14(17-13-7-3-4-8-18(11)13)19-12-6-2-1-5-10(12)16/h1-8H,9H2. The van der Waals surface area contributed by atoms with Gasteiger partial charge in [0.1, 0.15) is 11.4 Å². The van der Waals surface area contributed by atoms with Crippen LogP contribution in [-0.4, -0.2) is 9.38 Å². The molecule has 0 N–H and O–H groups in total. The summed E-state index contributed by atoms with van der Waals surface area (Å²) >= 11 is 9.56. The first-order valence-corrected chi connectivity index (χ1v) is 7.24. The van der Waals surface area contributed by atoms with E-state index in [1.807, 2.05) is 47.0 Å². The summed E-state index contributed by atoms with van der Waals surface area (Å²) in [6, 6.07) is 13.2. The van der Waals surface area contributed by atoms with E-state index in [-0.39, 0.29) is 0 Å². The van der Waals surface area contributed by atoms with Gasteiger partial charge in [-0.25, -0.2) is 0 Å². The highest BCUT2D eigenvalue weighted by Gasteiger charge is 2.13. The molecule has 0 aliphatic heterocycles. The molecule has 3 aromatic rings. The van der Waals surface area contributed by atoms with Crippen molar-refractivity contribution in [2.45, 2.75) is 5.33 Å². The third kappa shape index (κ3) is 2.33. The summed E-state index contributed by atoms with van der Waals surface area (Å²) in [6.07, 6.45) is 1.96. The quantitative estimate of drug-likeness (QED) is 0.649. The molecule has 19 heavy (non-hydrogen) atoms. The van der Waals surface area contributed by atoms with Gasteiger partial charge in [0.15, 0.2) is 0 Å². The van der Waals surface area contributed by atoms with E-state index in [2.05, 4.69) is 20.9 Å². The Morgan fingerprint density at radius 1 is 1.16 bits per heavy atom. The fourth-order valence-electron chi connectivity index (χ4n) is 1.86. The van der Waals surface area contributed by atoms with Crippen molar-refractivity contribution in [2.24, 2.45) is 0 Å². The number of para-hydroxylation sites is 1. The maximum Gasteiger partial charge on any atom is 0.242 e. The van der Waals surface area contributed by atoms with E-state index in [9.17, 15) is 0 Å². The van der Waals surface area contributed by atoms with E-state index in [1.165, 1.54) is 0 Å². The van der Waals surface area contributed by atoms with Crippen LogP contribution < -0.4 is 4.74 Å². The molecular formula is C14H10BrClN2O. The first-order chi connectivity index (χ1) is 9.29. The van der Waals surface area contributed by atoms with Crippen molar-refractivity contribution < 1.29 is 4.74 Å². The molecule has 0 fully saturated rings. The van der Waals surface area contributed by atoms with Crippen molar-refractivity contribution >= 4 is 33.2 Å². The molecule has 0 spiro atoms. The number of halogens is 2. The van der Waals surface area contributed by atoms with Crippen LogP contribution in [0.3, 0.4) is 0 Å². The molecule has 2 aromatic heterocycles. The van der Waals surface area contributed by atoms with E-state index in [1.54, 1.807) is 6.07 Å². The van der Waals surface area contributed by atoms with Gasteiger partial charge in [0.2, 0.25) is 5.88 Å². The van der Waals surface area contributed by atoms with E-state index < -0.39 is 0 Å². The normalized spacial score (nSPS) is 10.8. The minimum atomic E-state index is 0.566. The van der Waals surface area contributed by atoms with Crippen LogP contribution in [-0.2, 0) is 5.33 Å². The molecule has 0 atom stereocenters. The number of ether oxygens (including phenoxy) is 1. The van der Waals surface area contributed by atoms with Gasteiger partial charge in [-0.1, -0.05) is 45.7 Å². The lowest BCUT2D eigenvalue weighted by atomic mass is 10.3. The summed E-state index contributed by atoms with van der Waals surface area (Å²) in [5.74, 6) is 1.17. The number of alkyl halides is 1. The summed E-state index contributed by atoms with van der Waals surface area (Å²) in [7, 11) is 0. The smallest absolute Gasteiger partial charge is 0.242 e. The van der Waals surface area contributed by atoms with Crippen molar-refractivity contribution in [3.05, 3.63) is 59.4 Å². The number of pyridine rings is 1. The topological polar surface area (TPSA) is 26.5 Å². The van der Waals surface area contributed by atoms with Gasteiger partial charge in [-0.2, -0.15) is 4.98 Å². The molecule has 0 bridgehead atoms. The van der Waals surface area contributed by atoms with Crippen LogP contribution in [0.5, 0.6) is 11.6 Å². The fourth-order valence-corrected chi connectivity index (χ4v) is 2.54. The first-order valence-electron chi connectivity index (χ1n) is 5.74. The van der Waals surface area contributed by atoms with Crippen LogP contribution in [0.2, 0.25) is 5.02 Å².